The van der Waals surface area contributed by atoms with E-state index in [4.69, 9.17) is 4.74 Å². The number of benzene rings is 1. The predicted molar refractivity (Wildman–Crippen MR) is 81.1 cm³/mol. The number of thiophene rings is 1. The van der Waals surface area contributed by atoms with Gasteiger partial charge in [0.1, 0.15) is 6.61 Å². The molecule has 1 aromatic carbocycles. The highest BCUT2D eigenvalue weighted by molar-refractivity contribution is 7.17. The van der Waals surface area contributed by atoms with Crippen LogP contribution in [0, 0.1) is 6.92 Å². The Morgan fingerprint density at radius 2 is 2.00 bits per heavy atom. The molecule has 20 heavy (non-hydrogen) atoms. The Morgan fingerprint density at radius 1 is 1.20 bits per heavy atom. The lowest BCUT2D eigenvalue weighted by molar-refractivity contribution is 0.254. The van der Waals surface area contributed by atoms with E-state index in [0.717, 1.165) is 26.9 Å². The molecule has 3 rings (SSSR count). The number of rotatable bonds is 4. The SMILES string of the molecule is Cc1nc(OCc2ccccc2)c(CO)c2ccsc12. The van der Waals surface area contributed by atoms with Gasteiger partial charge in [-0.25, -0.2) is 4.98 Å². The fraction of sp³-hybridized carbons (Fsp3) is 0.188. The number of nitrogens with zero attached hydrogens (tertiary/aromatic N) is 1. The number of hydrogen-bond acceptors (Lipinski definition) is 4. The minimum Gasteiger partial charge on any atom is -0.473 e. The summed E-state index contributed by atoms with van der Waals surface area (Å²) in [5, 5.41) is 12.7. The smallest absolute Gasteiger partial charge is 0.220 e. The summed E-state index contributed by atoms with van der Waals surface area (Å²) in [6.07, 6.45) is 0. The van der Waals surface area contributed by atoms with Gasteiger partial charge in [0, 0.05) is 10.9 Å². The van der Waals surface area contributed by atoms with E-state index in [-0.39, 0.29) is 6.61 Å². The van der Waals surface area contributed by atoms with Crippen molar-refractivity contribution in [3.63, 3.8) is 0 Å². The summed E-state index contributed by atoms with van der Waals surface area (Å²) in [7, 11) is 0. The van der Waals surface area contributed by atoms with Crippen molar-refractivity contribution in [1.29, 1.82) is 0 Å². The van der Waals surface area contributed by atoms with Gasteiger partial charge in [0.15, 0.2) is 0 Å². The van der Waals surface area contributed by atoms with Gasteiger partial charge in [-0.3, -0.25) is 0 Å². The molecule has 0 aliphatic heterocycles. The topological polar surface area (TPSA) is 42.4 Å². The van der Waals surface area contributed by atoms with E-state index in [1.54, 1.807) is 11.3 Å². The van der Waals surface area contributed by atoms with Crippen LogP contribution in [0.15, 0.2) is 41.8 Å². The van der Waals surface area contributed by atoms with Crippen LogP contribution in [0.3, 0.4) is 0 Å². The predicted octanol–water partition coefficient (Wildman–Crippen LogP) is 3.68. The Bertz CT molecular complexity index is 722. The van der Waals surface area contributed by atoms with E-state index in [0.29, 0.717) is 12.5 Å². The van der Waals surface area contributed by atoms with Crippen LogP contribution in [0.25, 0.3) is 10.1 Å². The first-order valence-corrected chi connectivity index (χ1v) is 7.32. The molecule has 4 heteroatoms. The summed E-state index contributed by atoms with van der Waals surface area (Å²) in [5.41, 5.74) is 2.79. The van der Waals surface area contributed by atoms with Crippen LogP contribution < -0.4 is 4.74 Å². The van der Waals surface area contributed by atoms with E-state index in [1.165, 1.54) is 0 Å². The molecule has 0 radical (unpaired) electrons. The van der Waals surface area contributed by atoms with E-state index >= 15 is 0 Å². The summed E-state index contributed by atoms with van der Waals surface area (Å²) < 4.78 is 6.92. The molecule has 0 atom stereocenters. The maximum Gasteiger partial charge on any atom is 0.220 e. The van der Waals surface area contributed by atoms with Gasteiger partial charge < -0.3 is 9.84 Å². The fourth-order valence-corrected chi connectivity index (χ4v) is 3.09. The van der Waals surface area contributed by atoms with Crippen molar-refractivity contribution in [3.05, 3.63) is 58.6 Å². The number of ether oxygens (including phenoxy) is 1. The average molecular weight is 285 g/mol. The third-order valence-electron chi connectivity index (χ3n) is 3.22. The first-order valence-electron chi connectivity index (χ1n) is 6.44. The highest BCUT2D eigenvalue weighted by Gasteiger charge is 2.13. The zero-order valence-corrected chi connectivity index (χ0v) is 12.0. The number of aliphatic hydroxyl groups excluding tert-OH is 1. The molecule has 0 aliphatic rings. The number of pyridine rings is 1. The summed E-state index contributed by atoms with van der Waals surface area (Å²) in [5.74, 6) is 0.528. The Labute approximate surface area is 121 Å². The van der Waals surface area contributed by atoms with Crippen molar-refractivity contribution in [2.24, 2.45) is 0 Å². The highest BCUT2D eigenvalue weighted by atomic mass is 32.1. The maximum absolute atomic E-state index is 9.61. The molecule has 0 aliphatic carbocycles. The average Bonchev–Trinajstić information content (AvgIpc) is 2.96. The number of aryl methyl sites for hydroxylation is 1. The molecule has 0 saturated carbocycles. The zero-order chi connectivity index (χ0) is 13.9. The summed E-state index contributed by atoms with van der Waals surface area (Å²) >= 11 is 1.64. The van der Waals surface area contributed by atoms with Crippen molar-refractivity contribution in [3.8, 4) is 5.88 Å². The largest absolute Gasteiger partial charge is 0.473 e. The lowest BCUT2D eigenvalue weighted by atomic mass is 10.1. The molecule has 0 unspecified atom stereocenters. The van der Waals surface area contributed by atoms with Gasteiger partial charge in [0.2, 0.25) is 5.88 Å². The molecule has 0 saturated heterocycles. The van der Waals surface area contributed by atoms with Gasteiger partial charge in [-0.05, 0) is 23.9 Å². The number of aromatic nitrogens is 1. The van der Waals surface area contributed by atoms with Crippen LogP contribution in [-0.2, 0) is 13.2 Å². The number of hydrogen-bond donors (Lipinski definition) is 1. The molecule has 3 nitrogen and oxygen atoms in total. The first kappa shape index (κ1) is 13.1. The first-order chi connectivity index (χ1) is 9.79. The third-order valence-corrected chi connectivity index (χ3v) is 4.25. The Hall–Kier alpha value is -1.91. The molecule has 1 N–H and O–H groups in total. The summed E-state index contributed by atoms with van der Waals surface area (Å²) in [6, 6.07) is 12.0. The third kappa shape index (κ3) is 2.40. The molecule has 0 bridgehead atoms. The molecular weight excluding hydrogens is 270 g/mol. The maximum atomic E-state index is 9.61. The standard InChI is InChI=1S/C16H15NO2S/c1-11-15-13(7-8-20-15)14(9-18)16(17-11)19-10-12-5-3-2-4-6-12/h2-8,18H,9-10H2,1H3. The van der Waals surface area contributed by atoms with Gasteiger partial charge in [0.05, 0.1) is 17.0 Å². The van der Waals surface area contributed by atoms with E-state index in [1.807, 2.05) is 48.7 Å². The molecule has 2 heterocycles. The molecule has 0 amide bonds. The van der Waals surface area contributed by atoms with Crippen molar-refractivity contribution < 1.29 is 9.84 Å². The van der Waals surface area contributed by atoms with Crippen LogP contribution in [0.4, 0.5) is 0 Å². The number of aliphatic hydroxyl groups is 1. The Balaban J connectivity index is 1.94. The molecule has 0 fully saturated rings. The lowest BCUT2D eigenvalue weighted by Crippen LogP contribution is -2.02. The normalized spacial score (nSPS) is 10.9. The zero-order valence-electron chi connectivity index (χ0n) is 11.2. The van der Waals surface area contributed by atoms with Gasteiger partial charge in [-0.2, -0.15) is 0 Å². The molecule has 2 aromatic heterocycles. The quantitative estimate of drug-likeness (QED) is 0.795. The van der Waals surface area contributed by atoms with Gasteiger partial charge in [0.25, 0.3) is 0 Å². The molecular formula is C16H15NO2S. The minimum absolute atomic E-state index is 0.0648. The van der Waals surface area contributed by atoms with E-state index < -0.39 is 0 Å². The van der Waals surface area contributed by atoms with Crippen LogP contribution in [0.5, 0.6) is 5.88 Å². The molecule has 0 spiro atoms. The number of fused-ring (bicyclic) bond motifs is 1. The van der Waals surface area contributed by atoms with Gasteiger partial charge in [-0.1, -0.05) is 30.3 Å². The molecule has 102 valence electrons. The fourth-order valence-electron chi connectivity index (χ4n) is 2.21. The van der Waals surface area contributed by atoms with Crippen molar-refractivity contribution in [2.75, 3.05) is 0 Å². The van der Waals surface area contributed by atoms with Crippen LogP contribution in [0.2, 0.25) is 0 Å². The van der Waals surface area contributed by atoms with Crippen LogP contribution >= 0.6 is 11.3 Å². The Morgan fingerprint density at radius 3 is 2.75 bits per heavy atom. The second-order valence-electron chi connectivity index (χ2n) is 4.58. The minimum atomic E-state index is -0.0648. The van der Waals surface area contributed by atoms with Crippen LogP contribution in [0.1, 0.15) is 16.8 Å². The Kier molecular flexibility index (Phi) is 3.67. The van der Waals surface area contributed by atoms with Crippen molar-refractivity contribution >= 4 is 21.4 Å². The van der Waals surface area contributed by atoms with E-state index in [9.17, 15) is 5.11 Å². The second kappa shape index (κ2) is 5.61. The molecule has 3 aromatic rings. The summed E-state index contributed by atoms with van der Waals surface area (Å²) in [4.78, 5) is 4.49. The lowest BCUT2D eigenvalue weighted by Gasteiger charge is -2.11. The highest BCUT2D eigenvalue weighted by Crippen LogP contribution is 2.32. The second-order valence-corrected chi connectivity index (χ2v) is 5.49. The van der Waals surface area contributed by atoms with Gasteiger partial charge >= 0.3 is 0 Å². The summed E-state index contributed by atoms with van der Waals surface area (Å²) in [6.45, 7) is 2.36. The van der Waals surface area contributed by atoms with Crippen molar-refractivity contribution in [2.45, 2.75) is 20.1 Å². The van der Waals surface area contributed by atoms with Crippen LogP contribution in [-0.4, -0.2) is 10.1 Å². The van der Waals surface area contributed by atoms with Crippen molar-refractivity contribution in [1.82, 2.24) is 4.98 Å². The monoisotopic (exact) mass is 285 g/mol. The van der Waals surface area contributed by atoms with E-state index in [2.05, 4.69) is 4.98 Å². The van der Waals surface area contributed by atoms with Gasteiger partial charge in [-0.15, -0.1) is 11.3 Å².